The maximum absolute atomic E-state index is 12.4. The maximum Gasteiger partial charge on any atom is 0.241 e. The van der Waals surface area contributed by atoms with E-state index in [4.69, 9.17) is 5.26 Å². The molecule has 0 aliphatic carbocycles. The molecular weight excluding hydrogens is 274 g/mol. The Hall–Kier alpha value is -1.42. The van der Waals surface area contributed by atoms with Crippen LogP contribution in [0.1, 0.15) is 25.3 Å². The van der Waals surface area contributed by atoms with Crippen LogP contribution in [0.2, 0.25) is 0 Å². The van der Waals surface area contributed by atoms with E-state index in [1.165, 1.54) is 0 Å². The first-order valence-electron chi connectivity index (χ1n) is 6.66. The molecule has 0 spiro atoms. The van der Waals surface area contributed by atoms with E-state index in [-0.39, 0.29) is 11.3 Å². The van der Waals surface area contributed by atoms with Crippen LogP contribution in [0.4, 0.5) is 0 Å². The Morgan fingerprint density at radius 1 is 1.30 bits per heavy atom. The number of nitriles is 1. The minimum Gasteiger partial charge on any atom is -0.317 e. The van der Waals surface area contributed by atoms with E-state index in [2.05, 4.69) is 10.0 Å². The van der Waals surface area contributed by atoms with Crippen LogP contribution in [0.15, 0.2) is 29.2 Å². The second-order valence-corrected chi connectivity index (χ2v) is 7.08. The van der Waals surface area contributed by atoms with E-state index in [1.807, 2.05) is 13.0 Å². The lowest BCUT2D eigenvalue weighted by molar-refractivity contribution is 0.308. The van der Waals surface area contributed by atoms with Crippen molar-refractivity contribution in [3.05, 3.63) is 29.8 Å². The van der Waals surface area contributed by atoms with Crippen molar-refractivity contribution in [1.29, 1.82) is 5.26 Å². The summed E-state index contributed by atoms with van der Waals surface area (Å²) in [4.78, 5) is 0.249. The summed E-state index contributed by atoms with van der Waals surface area (Å²) < 4.78 is 27.6. The second kappa shape index (κ2) is 5.92. The Kier molecular flexibility index (Phi) is 4.43. The summed E-state index contributed by atoms with van der Waals surface area (Å²) in [6.45, 7) is 3.58. The maximum atomic E-state index is 12.4. The number of nitrogens with zero attached hydrogens (tertiary/aromatic N) is 1. The minimum absolute atomic E-state index is 0.249. The van der Waals surface area contributed by atoms with Gasteiger partial charge in [-0.2, -0.15) is 5.26 Å². The van der Waals surface area contributed by atoms with Gasteiger partial charge in [0.15, 0.2) is 0 Å². The van der Waals surface area contributed by atoms with E-state index in [9.17, 15) is 8.42 Å². The van der Waals surface area contributed by atoms with Crippen LogP contribution in [-0.4, -0.2) is 27.0 Å². The summed E-state index contributed by atoms with van der Waals surface area (Å²) in [5.41, 5.74) is 0.426. The molecule has 1 aromatic carbocycles. The van der Waals surface area contributed by atoms with E-state index < -0.39 is 15.6 Å². The largest absolute Gasteiger partial charge is 0.317 e. The molecule has 0 aromatic heterocycles. The highest BCUT2D eigenvalue weighted by Crippen LogP contribution is 2.21. The lowest BCUT2D eigenvalue weighted by atomic mass is 9.92. The summed E-state index contributed by atoms with van der Waals surface area (Å²) in [5, 5.41) is 11.8. The average molecular weight is 293 g/mol. The number of hydrogen-bond donors (Lipinski definition) is 2. The van der Waals surface area contributed by atoms with Gasteiger partial charge in [0.1, 0.15) is 0 Å². The SMILES string of the molecule is CC1(NS(=O)(=O)c2ccc(CC#N)cc2)CCNCC1. The third-order valence-corrected chi connectivity index (χ3v) is 5.26. The highest BCUT2D eigenvalue weighted by molar-refractivity contribution is 7.89. The molecule has 1 aliphatic rings. The van der Waals surface area contributed by atoms with Gasteiger partial charge in [0.2, 0.25) is 10.0 Å². The fraction of sp³-hybridized carbons (Fsp3) is 0.500. The normalized spacial score (nSPS) is 18.4. The predicted octanol–water partition coefficient (Wildman–Crippen LogP) is 1.17. The fourth-order valence-corrected chi connectivity index (χ4v) is 3.81. The molecule has 0 amide bonds. The Morgan fingerprint density at radius 3 is 2.45 bits per heavy atom. The lowest BCUT2D eigenvalue weighted by Gasteiger charge is -2.34. The van der Waals surface area contributed by atoms with Gasteiger partial charge in [0.25, 0.3) is 0 Å². The van der Waals surface area contributed by atoms with Gasteiger partial charge in [0, 0.05) is 5.54 Å². The van der Waals surface area contributed by atoms with E-state index in [0.717, 1.165) is 31.5 Å². The molecule has 2 rings (SSSR count). The highest BCUT2D eigenvalue weighted by atomic mass is 32.2. The van der Waals surface area contributed by atoms with E-state index >= 15 is 0 Å². The second-order valence-electron chi connectivity index (χ2n) is 5.40. The summed E-state index contributed by atoms with van der Waals surface area (Å²) in [7, 11) is -3.51. The van der Waals surface area contributed by atoms with Crippen molar-refractivity contribution in [3.8, 4) is 6.07 Å². The quantitative estimate of drug-likeness (QED) is 0.873. The third-order valence-electron chi connectivity index (χ3n) is 3.60. The molecule has 1 fully saturated rings. The van der Waals surface area contributed by atoms with Gasteiger partial charge in [-0.15, -0.1) is 0 Å². The number of rotatable bonds is 4. The van der Waals surface area contributed by atoms with Crippen molar-refractivity contribution in [2.45, 2.75) is 36.6 Å². The molecular formula is C14H19N3O2S. The van der Waals surface area contributed by atoms with Crippen molar-refractivity contribution in [1.82, 2.24) is 10.0 Å². The van der Waals surface area contributed by atoms with Gasteiger partial charge >= 0.3 is 0 Å². The summed E-state index contributed by atoms with van der Waals surface area (Å²) >= 11 is 0. The minimum atomic E-state index is -3.51. The van der Waals surface area contributed by atoms with Crippen LogP contribution in [0.5, 0.6) is 0 Å². The van der Waals surface area contributed by atoms with Crippen LogP contribution >= 0.6 is 0 Å². The van der Waals surface area contributed by atoms with Crippen LogP contribution in [0.3, 0.4) is 0 Å². The van der Waals surface area contributed by atoms with Crippen molar-refractivity contribution in [2.24, 2.45) is 0 Å². The molecule has 6 heteroatoms. The Labute approximate surface area is 120 Å². The lowest BCUT2D eigenvalue weighted by Crippen LogP contribution is -2.52. The molecule has 1 saturated heterocycles. The van der Waals surface area contributed by atoms with Crippen LogP contribution < -0.4 is 10.0 Å². The summed E-state index contributed by atoms with van der Waals surface area (Å²) in [5.74, 6) is 0. The molecule has 1 heterocycles. The van der Waals surface area contributed by atoms with Gasteiger partial charge in [0.05, 0.1) is 17.4 Å². The standard InChI is InChI=1S/C14H19N3O2S/c1-14(7-10-16-11-8-14)17-20(18,19)13-4-2-12(3-5-13)6-9-15/h2-5,16-17H,6-8,10-11H2,1H3. The Morgan fingerprint density at radius 2 is 1.90 bits per heavy atom. The fourth-order valence-electron chi connectivity index (χ4n) is 2.34. The molecule has 5 nitrogen and oxygen atoms in total. The average Bonchev–Trinajstić information content (AvgIpc) is 2.39. The number of piperidine rings is 1. The van der Waals surface area contributed by atoms with Crippen molar-refractivity contribution in [2.75, 3.05) is 13.1 Å². The molecule has 2 N–H and O–H groups in total. The van der Waals surface area contributed by atoms with E-state index in [0.29, 0.717) is 0 Å². The zero-order valence-corrected chi connectivity index (χ0v) is 12.3. The van der Waals surface area contributed by atoms with Gasteiger partial charge in [-0.05, 0) is 50.6 Å². The Balaban J connectivity index is 2.15. The third kappa shape index (κ3) is 3.57. The van der Waals surface area contributed by atoms with Gasteiger partial charge in [-0.1, -0.05) is 12.1 Å². The van der Waals surface area contributed by atoms with Crippen molar-refractivity contribution < 1.29 is 8.42 Å². The number of benzene rings is 1. The summed E-state index contributed by atoms with van der Waals surface area (Å²) in [6, 6.07) is 8.52. The van der Waals surface area contributed by atoms with Gasteiger partial charge in [-0.25, -0.2) is 13.1 Å². The predicted molar refractivity (Wildman–Crippen MR) is 76.6 cm³/mol. The first-order chi connectivity index (χ1) is 9.45. The smallest absolute Gasteiger partial charge is 0.241 e. The van der Waals surface area contributed by atoms with Gasteiger partial charge < -0.3 is 5.32 Å². The molecule has 0 unspecified atom stereocenters. The Bertz CT molecular complexity index is 596. The van der Waals surface area contributed by atoms with E-state index in [1.54, 1.807) is 24.3 Å². The molecule has 1 aromatic rings. The molecule has 0 saturated carbocycles. The summed E-state index contributed by atoms with van der Waals surface area (Å²) in [6.07, 6.45) is 1.84. The van der Waals surface area contributed by atoms with Crippen LogP contribution in [-0.2, 0) is 16.4 Å². The molecule has 108 valence electrons. The monoisotopic (exact) mass is 293 g/mol. The van der Waals surface area contributed by atoms with Crippen LogP contribution in [0, 0.1) is 11.3 Å². The van der Waals surface area contributed by atoms with Crippen molar-refractivity contribution in [3.63, 3.8) is 0 Å². The first-order valence-corrected chi connectivity index (χ1v) is 8.14. The van der Waals surface area contributed by atoms with Gasteiger partial charge in [-0.3, -0.25) is 0 Å². The molecule has 1 aliphatic heterocycles. The topological polar surface area (TPSA) is 82.0 Å². The first kappa shape index (κ1) is 15.0. The number of nitrogens with one attached hydrogen (secondary N) is 2. The molecule has 0 atom stereocenters. The highest BCUT2D eigenvalue weighted by Gasteiger charge is 2.31. The molecule has 20 heavy (non-hydrogen) atoms. The molecule has 0 radical (unpaired) electrons. The van der Waals surface area contributed by atoms with Crippen LogP contribution in [0.25, 0.3) is 0 Å². The molecule has 0 bridgehead atoms. The zero-order valence-electron chi connectivity index (χ0n) is 11.5. The van der Waals surface area contributed by atoms with Crippen molar-refractivity contribution >= 4 is 10.0 Å². The number of sulfonamides is 1. The zero-order chi connectivity index (χ0) is 14.6. The number of hydrogen-bond acceptors (Lipinski definition) is 4.